The third kappa shape index (κ3) is 2.60. The average molecular weight is 247 g/mol. The molecule has 0 aliphatic carbocycles. The van der Waals surface area contributed by atoms with Crippen LogP contribution in [0.15, 0.2) is 18.5 Å². The van der Waals surface area contributed by atoms with Crippen LogP contribution >= 0.6 is 0 Å². The van der Waals surface area contributed by atoms with Crippen LogP contribution in [-0.4, -0.2) is 25.1 Å². The maximum Gasteiger partial charge on any atom is 0.0573 e. The Labute approximate surface area is 111 Å². The number of nitrogens with zero attached hydrogens (tertiary/aromatic N) is 2. The summed E-state index contributed by atoms with van der Waals surface area (Å²) in [5.41, 5.74) is 2.93. The fourth-order valence-electron chi connectivity index (χ4n) is 2.93. The van der Waals surface area contributed by atoms with E-state index in [2.05, 4.69) is 35.1 Å². The average Bonchev–Trinajstić information content (AvgIpc) is 2.47. The standard InChI is InChI=1S/C15H25N3/c1-4-15(5-2)6-8-18(9-7-15)14-10-13(16-3)11-17-12-14/h10-12,16H,4-9H2,1-3H3. The zero-order chi connectivity index (χ0) is 13.0. The van der Waals surface area contributed by atoms with Gasteiger partial charge in [0.05, 0.1) is 23.8 Å². The van der Waals surface area contributed by atoms with Crippen molar-refractivity contribution in [1.82, 2.24) is 4.98 Å². The Morgan fingerprint density at radius 1 is 1.22 bits per heavy atom. The smallest absolute Gasteiger partial charge is 0.0573 e. The molecule has 1 aromatic rings. The van der Waals surface area contributed by atoms with E-state index >= 15 is 0 Å². The molecule has 3 nitrogen and oxygen atoms in total. The van der Waals surface area contributed by atoms with Gasteiger partial charge in [-0.15, -0.1) is 0 Å². The summed E-state index contributed by atoms with van der Waals surface area (Å²) < 4.78 is 0. The van der Waals surface area contributed by atoms with Crippen molar-refractivity contribution >= 4 is 11.4 Å². The van der Waals surface area contributed by atoms with Gasteiger partial charge in [0, 0.05) is 20.1 Å². The van der Waals surface area contributed by atoms with E-state index in [1.807, 2.05) is 19.4 Å². The fourth-order valence-corrected chi connectivity index (χ4v) is 2.93. The summed E-state index contributed by atoms with van der Waals surface area (Å²) in [6, 6.07) is 2.19. The maximum atomic E-state index is 4.30. The van der Waals surface area contributed by atoms with E-state index < -0.39 is 0 Å². The predicted octanol–water partition coefficient (Wildman–Crippen LogP) is 3.53. The van der Waals surface area contributed by atoms with Crippen LogP contribution in [0.2, 0.25) is 0 Å². The number of pyridine rings is 1. The van der Waals surface area contributed by atoms with Crippen LogP contribution in [0.3, 0.4) is 0 Å². The molecular formula is C15H25N3. The van der Waals surface area contributed by atoms with Crippen molar-refractivity contribution in [2.24, 2.45) is 5.41 Å². The summed E-state index contributed by atoms with van der Waals surface area (Å²) in [7, 11) is 1.94. The number of hydrogen-bond acceptors (Lipinski definition) is 3. The Bertz CT molecular complexity index is 375. The zero-order valence-corrected chi connectivity index (χ0v) is 11.9. The maximum absolute atomic E-state index is 4.30. The molecule has 1 saturated heterocycles. The molecule has 1 fully saturated rings. The molecule has 0 bridgehead atoms. The third-order valence-corrected chi connectivity index (χ3v) is 4.70. The minimum atomic E-state index is 0.588. The summed E-state index contributed by atoms with van der Waals surface area (Å²) in [4.78, 5) is 6.77. The summed E-state index contributed by atoms with van der Waals surface area (Å²) in [5, 5.41) is 3.16. The van der Waals surface area contributed by atoms with Gasteiger partial charge in [0.25, 0.3) is 0 Å². The van der Waals surface area contributed by atoms with Crippen LogP contribution in [0.5, 0.6) is 0 Å². The molecule has 0 atom stereocenters. The highest BCUT2D eigenvalue weighted by Gasteiger charge is 2.31. The Morgan fingerprint density at radius 3 is 2.44 bits per heavy atom. The normalized spacial score (nSPS) is 18.7. The van der Waals surface area contributed by atoms with Gasteiger partial charge in [-0.3, -0.25) is 4.98 Å². The highest BCUT2D eigenvalue weighted by atomic mass is 15.1. The molecule has 3 heteroatoms. The van der Waals surface area contributed by atoms with Crippen LogP contribution in [0.25, 0.3) is 0 Å². The fraction of sp³-hybridized carbons (Fsp3) is 0.667. The molecule has 0 aromatic carbocycles. The van der Waals surface area contributed by atoms with Gasteiger partial charge >= 0.3 is 0 Å². The van der Waals surface area contributed by atoms with Gasteiger partial charge in [-0.25, -0.2) is 0 Å². The lowest BCUT2D eigenvalue weighted by Crippen LogP contribution is -2.39. The van der Waals surface area contributed by atoms with Crippen LogP contribution < -0.4 is 10.2 Å². The number of piperidine rings is 1. The van der Waals surface area contributed by atoms with E-state index in [0.717, 1.165) is 18.8 Å². The SMILES string of the molecule is CCC1(CC)CCN(c2cncc(NC)c2)CC1. The van der Waals surface area contributed by atoms with Gasteiger partial charge in [0.15, 0.2) is 0 Å². The van der Waals surface area contributed by atoms with Crippen molar-refractivity contribution in [1.29, 1.82) is 0 Å². The van der Waals surface area contributed by atoms with Crippen molar-refractivity contribution < 1.29 is 0 Å². The topological polar surface area (TPSA) is 28.2 Å². The first-order valence-electron chi connectivity index (χ1n) is 7.11. The Morgan fingerprint density at radius 2 is 1.89 bits per heavy atom. The van der Waals surface area contributed by atoms with Crippen molar-refractivity contribution in [3.63, 3.8) is 0 Å². The molecule has 0 radical (unpaired) electrons. The first-order chi connectivity index (χ1) is 8.73. The molecule has 0 spiro atoms. The van der Waals surface area contributed by atoms with Crippen LogP contribution in [0, 0.1) is 5.41 Å². The van der Waals surface area contributed by atoms with Crippen molar-refractivity contribution in [2.45, 2.75) is 39.5 Å². The monoisotopic (exact) mass is 247 g/mol. The quantitative estimate of drug-likeness (QED) is 0.882. The first kappa shape index (κ1) is 13.2. The largest absolute Gasteiger partial charge is 0.387 e. The molecule has 1 N–H and O–H groups in total. The van der Waals surface area contributed by atoms with E-state index in [9.17, 15) is 0 Å². The van der Waals surface area contributed by atoms with Gasteiger partial charge < -0.3 is 10.2 Å². The van der Waals surface area contributed by atoms with Crippen LogP contribution in [0.1, 0.15) is 39.5 Å². The summed E-state index contributed by atoms with van der Waals surface area (Å²) in [6.45, 7) is 7.00. The lowest BCUT2D eigenvalue weighted by Gasteiger charge is -2.42. The van der Waals surface area contributed by atoms with E-state index in [1.54, 1.807) is 0 Å². The number of nitrogens with one attached hydrogen (secondary N) is 1. The Kier molecular flexibility index (Phi) is 4.10. The van der Waals surface area contributed by atoms with E-state index in [4.69, 9.17) is 0 Å². The van der Waals surface area contributed by atoms with Crippen molar-refractivity contribution in [3.8, 4) is 0 Å². The van der Waals surface area contributed by atoms with Gasteiger partial charge in [0.1, 0.15) is 0 Å². The second-order valence-electron chi connectivity index (χ2n) is 5.38. The van der Waals surface area contributed by atoms with Crippen molar-refractivity contribution in [3.05, 3.63) is 18.5 Å². The molecule has 1 aliphatic rings. The molecule has 0 amide bonds. The van der Waals surface area contributed by atoms with Crippen LogP contribution in [0.4, 0.5) is 11.4 Å². The molecule has 2 heterocycles. The lowest BCUT2D eigenvalue weighted by molar-refractivity contribution is 0.199. The lowest BCUT2D eigenvalue weighted by atomic mass is 9.74. The number of hydrogen-bond donors (Lipinski definition) is 1. The first-order valence-corrected chi connectivity index (χ1v) is 7.11. The molecule has 100 valence electrons. The van der Waals surface area contributed by atoms with Gasteiger partial charge in [0.2, 0.25) is 0 Å². The van der Waals surface area contributed by atoms with E-state index in [-0.39, 0.29) is 0 Å². The van der Waals surface area contributed by atoms with Gasteiger partial charge in [-0.2, -0.15) is 0 Å². The Balaban J connectivity index is 2.04. The molecule has 0 unspecified atom stereocenters. The van der Waals surface area contributed by atoms with E-state index in [1.165, 1.54) is 31.4 Å². The minimum Gasteiger partial charge on any atom is -0.387 e. The molecule has 0 saturated carbocycles. The van der Waals surface area contributed by atoms with Gasteiger partial charge in [-0.1, -0.05) is 26.7 Å². The van der Waals surface area contributed by atoms with Gasteiger partial charge in [-0.05, 0) is 24.3 Å². The Hall–Kier alpha value is -1.25. The zero-order valence-electron chi connectivity index (χ0n) is 11.9. The molecule has 2 rings (SSSR count). The van der Waals surface area contributed by atoms with E-state index in [0.29, 0.717) is 5.41 Å². The van der Waals surface area contributed by atoms with Crippen molar-refractivity contribution in [2.75, 3.05) is 30.4 Å². The highest BCUT2D eigenvalue weighted by Crippen LogP contribution is 2.39. The molecule has 1 aliphatic heterocycles. The summed E-state index contributed by atoms with van der Waals surface area (Å²) in [5.74, 6) is 0. The van der Waals surface area contributed by atoms with Crippen LogP contribution in [-0.2, 0) is 0 Å². The molecule has 18 heavy (non-hydrogen) atoms. The number of rotatable bonds is 4. The molecule has 1 aromatic heterocycles. The number of aromatic nitrogens is 1. The number of anilines is 2. The summed E-state index contributed by atoms with van der Waals surface area (Å²) >= 11 is 0. The summed E-state index contributed by atoms with van der Waals surface area (Å²) in [6.07, 6.45) is 9.09. The third-order valence-electron chi connectivity index (χ3n) is 4.70. The second-order valence-corrected chi connectivity index (χ2v) is 5.38. The minimum absolute atomic E-state index is 0.588. The predicted molar refractivity (Wildman–Crippen MR) is 78.2 cm³/mol. The highest BCUT2D eigenvalue weighted by molar-refractivity contribution is 5.55. The molecular weight excluding hydrogens is 222 g/mol. The second kappa shape index (κ2) is 5.59.